The van der Waals surface area contributed by atoms with E-state index in [1.165, 1.54) is 0 Å². The average molecular weight is 261 g/mol. The molecule has 1 amide bonds. The van der Waals surface area contributed by atoms with Gasteiger partial charge < -0.3 is 15.2 Å². The summed E-state index contributed by atoms with van der Waals surface area (Å²) in [6.45, 7) is 2.27. The molecule has 0 aromatic heterocycles. The average Bonchev–Trinajstić information content (AvgIpc) is 2.43. The van der Waals surface area contributed by atoms with Gasteiger partial charge in [0.05, 0.1) is 0 Å². The summed E-state index contributed by atoms with van der Waals surface area (Å²) in [7, 11) is 0. The molecule has 0 saturated carbocycles. The molecular formula is C15H19NO3. The molecule has 1 rings (SSSR count). The van der Waals surface area contributed by atoms with Gasteiger partial charge in [0, 0.05) is 18.2 Å². The number of terminal acetylenes is 1. The van der Waals surface area contributed by atoms with E-state index in [1.807, 2.05) is 6.92 Å². The summed E-state index contributed by atoms with van der Waals surface area (Å²) in [5.74, 6) is 2.89. The first-order chi connectivity index (χ1) is 9.17. The zero-order valence-electron chi connectivity index (χ0n) is 11.1. The maximum Gasteiger partial charge on any atom is 0.251 e. The Bertz CT molecular complexity index is 434. The van der Waals surface area contributed by atoms with Crippen molar-refractivity contribution in [3.05, 3.63) is 29.8 Å². The molecule has 0 radical (unpaired) electrons. The molecule has 0 fully saturated rings. The normalized spacial score (nSPS) is 11.4. The first kappa shape index (κ1) is 15.1. The van der Waals surface area contributed by atoms with Gasteiger partial charge in [0.2, 0.25) is 0 Å². The minimum absolute atomic E-state index is 0.0389. The molecule has 0 aliphatic carbocycles. The van der Waals surface area contributed by atoms with Gasteiger partial charge in [-0.2, -0.15) is 0 Å². The van der Waals surface area contributed by atoms with E-state index in [-0.39, 0.29) is 25.2 Å². The maximum absolute atomic E-state index is 11.9. The molecular weight excluding hydrogens is 242 g/mol. The van der Waals surface area contributed by atoms with Gasteiger partial charge in [0.1, 0.15) is 12.4 Å². The number of benzene rings is 1. The van der Waals surface area contributed by atoms with Crippen molar-refractivity contribution < 1.29 is 14.6 Å². The van der Waals surface area contributed by atoms with Crippen LogP contribution in [-0.4, -0.2) is 30.3 Å². The lowest BCUT2D eigenvalue weighted by Crippen LogP contribution is -2.32. The number of rotatable bonds is 7. The molecule has 2 N–H and O–H groups in total. The molecule has 0 aliphatic rings. The monoisotopic (exact) mass is 261 g/mol. The van der Waals surface area contributed by atoms with Gasteiger partial charge in [-0.05, 0) is 44.0 Å². The van der Waals surface area contributed by atoms with Crippen LogP contribution >= 0.6 is 0 Å². The largest absolute Gasteiger partial charge is 0.481 e. The highest BCUT2D eigenvalue weighted by molar-refractivity contribution is 5.94. The zero-order valence-corrected chi connectivity index (χ0v) is 11.1. The van der Waals surface area contributed by atoms with Crippen LogP contribution in [0.2, 0.25) is 0 Å². The molecule has 1 aromatic rings. The third kappa shape index (κ3) is 5.45. The standard InChI is InChI=1S/C15H19NO3/c1-3-11-19-14-8-6-13(7-9-14)15(18)16-12(2)5-4-10-17/h1,6-9,12,17H,4-5,10-11H2,2H3,(H,16,18). The van der Waals surface area contributed by atoms with Crippen LogP contribution in [0, 0.1) is 12.3 Å². The molecule has 0 saturated heterocycles. The van der Waals surface area contributed by atoms with E-state index < -0.39 is 0 Å². The van der Waals surface area contributed by atoms with Gasteiger partial charge >= 0.3 is 0 Å². The van der Waals surface area contributed by atoms with Crippen LogP contribution < -0.4 is 10.1 Å². The molecule has 1 atom stereocenters. The molecule has 4 nitrogen and oxygen atoms in total. The number of aliphatic hydroxyl groups is 1. The lowest BCUT2D eigenvalue weighted by atomic mass is 10.1. The van der Waals surface area contributed by atoms with Crippen molar-refractivity contribution in [3.8, 4) is 18.1 Å². The fourth-order valence-electron chi connectivity index (χ4n) is 1.60. The maximum atomic E-state index is 11.9. The van der Waals surface area contributed by atoms with Crippen LogP contribution in [-0.2, 0) is 0 Å². The molecule has 1 aromatic carbocycles. The van der Waals surface area contributed by atoms with E-state index in [1.54, 1.807) is 24.3 Å². The van der Waals surface area contributed by atoms with E-state index in [0.29, 0.717) is 17.7 Å². The van der Waals surface area contributed by atoms with Crippen molar-refractivity contribution in [1.82, 2.24) is 5.32 Å². The van der Waals surface area contributed by atoms with Gasteiger partial charge in [-0.25, -0.2) is 0 Å². The summed E-state index contributed by atoms with van der Waals surface area (Å²) in [6, 6.07) is 6.85. The Morgan fingerprint density at radius 2 is 2.16 bits per heavy atom. The summed E-state index contributed by atoms with van der Waals surface area (Å²) in [5.41, 5.74) is 0.573. The number of carbonyl (C=O) groups is 1. The number of ether oxygens (including phenoxy) is 1. The first-order valence-corrected chi connectivity index (χ1v) is 6.25. The van der Waals surface area contributed by atoms with E-state index >= 15 is 0 Å². The molecule has 0 heterocycles. The van der Waals surface area contributed by atoms with Gasteiger partial charge in [0.25, 0.3) is 5.91 Å². The van der Waals surface area contributed by atoms with E-state index in [4.69, 9.17) is 16.3 Å². The van der Waals surface area contributed by atoms with Gasteiger partial charge in [-0.1, -0.05) is 5.92 Å². The zero-order chi connectivity index (χ0) is 14.1. The second-order valence-electron chi connectivity index (χ2n) is 4.26. The minimum atomic E-state index is -0.131. The quantitative estimate of drug-likeness (QED) is 0.733. The van der Waals surface area contributed by atoms with Crippen molar-refractivity contribution in [1.29, 1.82) is 0 Å². The fourth-order valence-corrected chi connectivity index (χ4v) is 1.60. The Morgan fingerprint density at radius 1 is 1.47 bits per heavy atom. The number of aliphatic hydroxyl groups excluding tert-OH is 1. The second-order valence-corrected chi connectivity index (χ2v) is 4.26. The highest BCUT2D eigenvalue weighted by atomic mass is 16.5. The highest BCUT2D eigenvalue weighted by Gasteiger charge is 2.09. The van der Waals surface area contributed by atoms with Crippen molar-refractivity contribution in [2.24, 2.45) is 0 Å². The Kier molecular flexibility index (Phi) is 6.48. The Hall–Kier alpha value is -1.99. The number of hydrogen-bond acceptors (Lipinski definition) is 3. The smallest absolute Gasteiger partial charge is 0.251 e. The third-order valence-electron chi connectivity index (χ3n) is 2.61. The molecule has 1 unspecified atom stereocenters. The Balaban J connectivity index is 2.51. The van der Waals surface area contributed by atoms with Gasteiger partial charge in [-0.15, -0.1) is 6.42 Å². The van der Waals surface area contributed by atoms with Crippen LogP contribution in [0.3, 0.4) is 0 Å². The molecule has 102 valence electrons. The number of amides is 1. The highest BCUT2D eigenvalue weighted by Crippen LogP contribution is 2.12. The summed E-state index contributed by atoms with van der Waals surface area (Å²) in [6.07, 6.45) is 6.53. The van der Waals surface area contributed by atoms with E-state index in [2.05, 4.69) is 11.2 Å². The second kappa shape index (κ2) is 8.17. The van der Waals surface area contributed by atoms with E-state index in [0.717, 1.165) is 6.42 Å². The summed E-state index contributed by atoms with van der Waals surface area (Å²) < 4.78 is 5.23. The SMILES string of the molecule is C#CCOc1ccc(C(=O)NC(C)CCCO)cc1. The minimum Gasteiger partial charge on any atom is -0.481 e. The van der Waals surface area contributed by atoms with Crippen molar-refractivity contribution in [2.45, 2.75) is 25.8 Å². The summed E-state index contributed by atoms with van der Waals surface area (Å²) >= 11 is 0. The van der Waals surface area contributed by atoms with E-state index in [9.17, 15) is 4.79 Å². The lowest BCUT2D eigenvalue weighted by Gasteiger charge is -2.13. The topological polar surface area (TPSA) is 58.6 Å². The fraction of sp³-hybridized carbons (Fsp3) is 0.400. The number of carbonyl (C=O) groups excluding carboxylic acids is 1. The Labute approximate surface area is 113 Å². The molecule has 0 spiro atoms. The molecule has 19 heavy (non-hydrogen) atoms. The van der Waals surface area contributed by atoms with Crippen LogP contribution in [0.15, 0.2) is 24.3 Å². The number of hydrogen-bond donors (Lipinski definition) is 2. The van der Waals surface area contributed by atoms with Gasteiger partial charge in [0.15, 0.2) is 0 Å². The lowest BCUT2D eigenvalue weighted by molar-refractivity contribution is 0.0936. The van der Waals surface area contributed by atoms with Crippen LogP contribution in [0.25, 0.3) is 0 Å². The van der Waals surface area contributed by atoms with Crippen molar-refractivity contribution >= 4 is 5.91 Å². The van der Waals surface area contributed by atoms with Crippen molar-refractivity contribution in [3.63, 3.8) is 0 Å². The first-order valence-electron chi connectivity index (χ1n) is 6.25. The predicted octanol–water partition coefficient (Wildman–Crippen LogP) is 1.59. The van der Waals surface area contributed by atoms with Crippen LogP contribution in [0.1, 0.15) is 30.1 Å². The summed E-state index contributed by atoms with van der Waals surface area (Å²) in [5, 5.41) is 11.6. The molecule has 4 heteroatoms. The number of nitrogens with one attached hydrogen (secondary N) is 1. The molecule has 0 aliphatic heterocycles. The van der Waals surface area contributed by atoms with Crippen molar-refractivity contribution in [2.75, 3.05) is 13.2 Å². The third-order valence-corrected chi connectivity index (χ3v) is 2.61. The van der Waals surface area contributed by atoms with Crippen LogP contribution in [0.5, 0.6) is 5.75 Å². The molecule has 0 bridgehead atoms. The predicted molar refractivity (Wildman–Crippen MR) is 74.0 cm³/mol. The summed E-state index contributed by atoms with van der Waals surface area (Å²) in [4.78, 5) is 11.9. The van der Waals surface area contributed by atoms with Gasteiger partial charge in [-0.3, -0.25) is 4.79 Å². The Morgan fingerprint density at radius 3 is 2.74 bits per heavy atom. The van der Waals surface area contributed by atoms with Crippen LogP contribution in [0.4, 0.5) is 0 Å².